The lowest BCUT2D eigenvalue weighted by atomic mass is 10.2. The van der Waals surface area contributed by atoms with Crippen LogP contribution in [-0.4, -0.2) is 45.2 Å². The highest BCUT2D eigenvalue weighted by Crippen LogP contribution is 2.46. The molecule has 0 unspecified atom stereocenters. The van der Waals surface area contributed by atoms with Crippen molar-refractivity contribution in [2.24, 2.45) is 11.8 Å². The molecule has 0 spiro atoms. The Balaban J connectivity index is 1.81. The third-order valence-corrected chi connectivity index (χ3v) is 9.92. The summed E-state index contributed by atoms with van der Waals surface area (Å²) in [6.45, 7) is 18.7. The first-order valence-corrected chi connectivity index (χ1v) is 11.6. The number of ether oxygens (including phenoxy) is 1. The van der Waals surface area contributed by atoms with E-state index in [1.54, 1.807) is 0 Å². The highest BCUT2D eigenvalue weighted by atomic mass is 28.4. The molecule has 134 valence electrons. The van der Waals surface area contributed by atoms with E-state index in [2.05, 4.69) is 44.5 Å². The van der Waals surface area contributed by atoms with Gasteiger partial charge in [-0.05, 0) is 44.8 Å². The van der Waals surface area contributed by atoms with Gasteiger partial charge in [0.1, 0.15) is 5.60 Å². The number of carbonyl (C=O) groups is 1. The standard InChI is InChI=1S/C17H34N2O3Si/c1-16(2,3)22-15(20)19-14-11-9-18-12(13(11)14)10-21-23(7,8)17(4,5)6/h11-14,18H,9-10H2,1-8H3,(H,19,20)/t11-,12+,13-,14+/m0/s1. The third kappa shape index (κ3) is 4.48. The van der Waals surface area contributed by atoms with E-state index < -0.39 is 13.9 Å². The van der Waals surface area contributed by atoms with Crippen molar-refractivity contribution >= 4 is 14.4 Å². The summed E-state index contributed by atoms with van der Waals surface area (Å²) in [7, 11) is -1.72. The van der Waals surface area contributed by atoms with Crippen LogP contribution in [0.15, 0.2) is 0 Å². The average molecular weight is 343 g/mol. The minimum Gasteiger partial charge on any atom is -0.444 e. The van der Waals surface area contributed by atoms with Gasteiger partial charge in [-0.1, -0.05) is 20.8 Å². The molecule has 2 fully saturated rings. The summed E-state index contributed by atoms with van der Waals surface area (Å²) in [5.41, 5.74) is -0.447. The lowest BCUT2D eigenvalue weighted by Gasteiger charge is -2.37. The normalized spacial score (nSPS) is 30.8. The monoisotopic (exact) mass is 342 g/mol. The summed E-state index contributed by atoms with van der Waals surface area (Å²) in [5, 5.41) is 6.79. The fourth-order valence-electron chi connectivity index (χ4n) is 2.97. The highest BCUT2D eigenvalue weighted by molar-refractivity contribution is 6.74. The molecule has 5 nitrogen and oxygen atoms in total. The van der Waals surface area contributed by atoms with E-state index >= 15 is 0 Å². The number of rotatable bonds is 4. The maximum atomic E-state index is 11.9. The molecule has 0 aromatic rings. The van der Waals surface area contributed by atoms with Crippen molar-refractivity contribution in [1.29, 1.82) is 0 Å². The van der Waals surface area contributed by atoms with Crippen molar-refractivity contribution < 1.29 is 14.0 Å². The minimum atomic E-state index is -1.72. The zero-order valence-electron chi connectivity index (χ0n) is 15.9. The van der Waals surface area contributed by atoms with Crippen molar-refractivity contribution in [1.82, 2.24) is 10.6 Å². The van der Waals surface area contributed by atoms with Crippen LogP contribution >= 0.6 is 0 Å². The Hall–Kier alpha value is -0.593. The van der Waals surface area contributed by atoms with Gasteiger partial charge in [-0.15, -0.1) is 0 Å². The van der Waals surface area contributed by atoms with Gasteiger partial charge >= 0.3 is 6.09 Å². The Morgan fingerprint density at radius 1 is 1.22 bits per heavy atom. The van der Waals surface area contributed by atoms with Crippen molar-refractivity contribution in [2.75, 3.05) is 13.2 Å². The Kier molecular flexibility index (Phi) is 4.92. The van der Waals surface area contributed by atoms with Crippen LogP contribution in [0.5, 0.6) is 0 Å². The Morgan fingerprint density at radius 2 is 1.83 bits per heavy atom. The van der Waals surface area contributed by atoms with Crippen LogP contribution in [0.25, 0.3) is 0 Å². The number of hydrogen-bond donors (Lipinski definition) is 2. The molecule has 1 aliphatic carbocycles. The van der Waals surface area contributed by atoms with E-state index in [-0.39, 0.29) is 17.2 Å². The van der Waals surface area contributed by atoms with Crippen molar-refractivity contribution in [3.05, 3.63) is 0 Å². The Labute approximate surface area is 142 Å². The Morgan fingerprint density at radius 3 is 2.35 bits per heavy atom. The molecule has 0 bridgehead atoms. The summed E-state index contributed by atoms with van der Waals surface area (Å²) < 4.78 is 11.7. The number of hydrogen-bond acceptors (Lipinski definition) is 4. The first kappa shape index (κ1) is 18.7. The molecule has 2 rings (SSSR count). The van der Waals surface area contributed by atoms with Gasteiger partial charge in [0.15, 0.2) is 8.32 Å². The third-order valence-electron chi connectivity index (χ3n) is 5.42. The zero-order chi connectivity index (χ0) is 17.6. The van der Waals surface area contributed by atoms with Crippen molar-refractivity contribution in [2.45, 2.75) is 77.4 Å². The number of piperidine rings is 1. The van der Waals surface area contributed by atoms with Crippen molar-refractivity contribution in [3.63, 3.8) is 0 Å². The van der Waals surface area contributed by atoms with E-state index in [1.165, 1.54) is 0 Å². The Bertz CT molecular complexity index is 454. The number of alkyl carbamates (subject to hydrolysis) is 1. The molecule has 0 aromatic heterocycles. The zero-order valence-corrected chi connectivity index (χ0v) is 16.9. The molecule has 1 aliphatic heterocycles. The molecule has 2 N–H and O–H groups in total. The molecule has 4 atom stereocenters. The molecular weight excluding hydrogens is 308 g/mol. The first-order valence-electron chi connectivity index (χ1n) is 8.69. The molecule has 23 heavy (non-hydrogen) atoms. The van der Waals surface area contributed by atoms with E-state index in [0.717, 1.165) is 13.2 Å². The van der Waals surface area contributed by atoms with Gasteiger partial charge in [0.05, 0.1) is 0 Å². The maximum Gasteiger partial charge on any atom is 0.407 e. The van der Waals surface area contributed by atoms with E-state index in [4.69, 9.17) is 9.16 Å². The van der Waals surface area contributed by atoms with Crippen molar-refractivity contribution in [3.8, 4) is 0 Å². The number of amides is 1. The molecule has 1 saturated carbocycles. The molecule has 0 radical (unpaired) electrons. The maximum absolute atomic E-state index is 11.9. The van der Waals surface area contributed by atoms with Gasteiger partial charge in [0.25, 0.3) is 0 Å². The number of fused-ring (bicyclic) bond motifs is 1. The van der Waals surface area contributed by atoms with E-state index in [1.807, 2.05) is 20.8 Å². The molecule has 0 aromatic carbocycles. The lowest BCUT2D eigenvalue weighted by Crippen LogP contribution is -2.46. The van der Waals surface area contributed by atoms with Crippen LogP contribution in [-0.2, 0) is 9.16 Å². The van der Waals surface area contributed by atoms with E-state index in [9.17, 15) is 4.79 Å². The van der Waals surface area contributed by atoms with Gasteiger partial charge in [-0.2, -0.15) is 0 Å². The van der Waals surface area contributed by atoms with Gasteiger partial charge in [0, 0.05) is 31.2 Å². The predicted octanol–water partition coefficient (Wildman–Crippen LogP) is 3.12. The SMILES string of the molecule is CC(C)(C)OC(=O)N[C@@H]1[C@H]2CN[C@H](CO[Si](C)(C)C(C)(C)C)[C@H]21. The van der Waals surface area contributed by atoms with Gasteiger partial charge in [-0.25, -0.2) is 4.79 Å². The lowest BCUT2D eigenvalue weighted by molar-refractivity contribution is 0.0515. The molecule has 1 saturated heterocycles. The highest BCUT2D eigenvalue weighted by Gasteiger charge is 2.59. The smallest absolute Gasteiger partial charge is 0.407 e. The average Bonchev–Trinajstić information content (AvgIpc) is 2.82. The number of nitrogens with one attached hydrogen (secondary N) is 2. The van der Waals surface area contributed by atoms with Crippen LogP contribution in [0.2, 0.25) is 18.1 Å². The summed E-state index contributed by atoms with van der Waals surface area (Å²) in [6, 6.07) is 0.577. The minimum absolute atomic E-state index is 0.225. The fraction of sp³-hybridized carbons (Fsp3) is 0.941. The number of carbonyl (C=O) groups excluding carboxylic acids is 1. The predicted molar refractivity (Wildman–Crippen MR) is 95.1 cm³/mol. The van der Waals surface area contributed by atoms with Gasteiger partial charge in [0.2, 0.25) is 0 Å². The largest absolute Gasteiger partial charge is 0.444 e. The molecule has 1 amide bonds. The second kappa shape index (κ2) is 6.04. The summed E-state index contributed by atoms with van der Waals surface area (Å²) in [5.74, 6) is 1.00. The summed E-state index contributed by atoms with van der Waals surface area (Å²) in [4.78, 5) is 11.9. The van der Waals surface area contributed by atoms with Crippen LogP contribution in [0.3, 0.4) is 0 Å². The van der Waals surface area contributed by atoms with Crippen LogP contribution in [0, 0.1) is 11.8 Å². The second-order valence-electron chi connectivity index (χ2n) is 9.50. The van der Waals surface area contributed by atoms with Gasteiger partial charge in [-0.3, -0.25) is 0 Å². The molecule has 2 aliphatic rings. The van der Waals surface area contributed by atoms with Gasteiger partial charge < -0.3 is 19.8 Å². The van der Waals surface area contributed by atoms with Crippen LogP contribution in [0.4, 0.5) is 4.79 Å². The van der Waals surface area contributed by atoms with Crippen LogP contribution < -0.4 is 10.6 Å². The second-order valence-corrected chi connectivity index (χ2v) is 14.3. The molecular formula is C17H34N2O3Si. The quantitative estimate of drug-likeness (QED) is 0.771. The topological polar surface area (TPSA) is 59.6 Å². The summed E-state index contributed by atoms with van der Waals surface area (Å²) in [6.07, 6.45) is -0.305. The first-order chi connectivity index (χ1) is 10.3. The molecule has 1 heterocycles. The molecule has 6 heteroatoms. The summed E-state index contributed by atoms with van der Waals surface area (Å²) >= 11 is 0. The fourth-order valence-corrected chi connectivity index (χ4v) is 4.00. The van der Waals surface area contributed by atoms with Crippen LogP contribution in [0.1, 0.15) is 41.5 Å². The van der Waals surface area contributed by atoms with E-state index in [0.29, 0.717) is 17.9 Å².